The Bertz CT molecular complexity index is 1370. The van der Waals surface area contributed by atoms with Crippen LogP contribution in [0.4, 0.5) is 0 Å². The van der Waals surface area contributed by atoms with Gasteiger partial charge in [0.05, 0.1) is 6.61 Å². The van der Waals surface area contributed by atoms with Crippen LogP contribution in [0.3, 0.4) is 0 Å². The molecule has 1 rings (SSSR count). The lowest BCUT2D eigenvalue weighted by Gasteiger charge is -2.41. The first kappa shape index (κ1) is 75.9. The maximum absolute atomic E-state index is 12.9. The molecular formula is C65H127O13P. The summed E-state index contributed by atoms with van der Waals surface area (Å²) in [5.74, 6) is -1.07. The molecule has 0 heterocycles. The van der Waals surface area contributed by atoms with E-state index in [1.54, 1.807) is 0 Å². The van der Waals surface area contributed by atoms with E-state index >= 15 is 0 Å². The number of unbranched alkanes of at least 4 members (excludes halogenated alkanes) is 48. The predicted molar refractivity (Wildman–Crippen MR) is 323 cm³/mol. The van der Waals surface area contributed by atoms with Gasteiger partial charge in [0.2, 0.25) is 0 Å². The molecular weight excluding hydrogens is 1020 g/mol. The van der Waals surface area contributed by atoms with Gasteiger partial charge in [0.15, 0.2) is 6.10 Å². The first-order chi connectivity index (χ1) is 38.4. The Morgan fingerprint density at radius 3 is 0.835 bits per heavy atom. The molecule has 8 atom stereocenters. The summed E-state index contributed by atoms with van der Waals surface area (Å²) in [7, 11) is -5.12. The molecule has 1 saturated carbocycles. The summed E-state index contributed by atoms with van der Waals surface area (Å²) in [6.45, 7) is 3.41. The summed E-state index contributed by atoms with van der Waals surface area (Å²) in [5.41, 5.74) is 0. The van der Waals surface area contributed by atoms with Crippen LogP contribution >= 0.6 is 7.82 Å². The molecule has 0 bridgehead atoms. The van der Waals surface area contributed by atoms with E-state index in [0.717, 1.165) is 38.5 Å². The highest BCUT2D eigenvalue weighted by atomic mass is 31.2. The van der Waals surface area contributed by atoms with Gasteiger partial charge in [-0.3, -0.25) is 18.6 Å². The van der Waals surface area contributed by atoms with Crippen LogP contribution in [-0.4, -0.2) is 98.3 Å². The standard InChI is InChI=1S/C65H127O13P/c1-3-5-7-9-11-13-15-17-19-21-23-25-27-29-31-33-35-37-39-41-43-45-47-49-51-53-58(66)75-55-57(56-76-79(73,74)78-65-63(71)61(69)60(68)62(70)64(65)72)77-59(67)54-52-50-48-46-44-42-40-38-36-34-32-30-28-26-24-22-20-18-16-14-12-10-8-6-4-2/h57,60-65,68-72H,3-56H2,1-2H3,(H,73,74)/t57-,60?,61-,62?,63?,64?,65?/m1/s1. The monoisotopic (exact) mass is 1150 g/mol. The molecule has 1 aliphatic rings. The highest BCUT2D eigenvalue weighted by Crippen LogP contribution is 2.47. The van der Waals surface area contributed by atoms with Gasteiger partial charge in [-0.15, -0.1) is 0 Å². The Hall–Kier alpha value is -1.15. The van der Waals surface area contributed by atoms with Crippen LogP contribution in [-0.2, 0) is 32.7 Å². The van der Waals surface area contributed by atoms with Gasteiger partial charge in [0, 0.05) is 12.8 Å². The minimum absolute atomic E-state index is 0.106. The van der Waals surface area contributed by atoms with Gasteiger partial charge in [-0.25, -0.2) is 4.57 Å². The van der Waals surface area contributed by atoms with E-state index in [1.165, 1.54) is 270 Å². The average molecular weight is 1150 g/mol. The minimum Gasteiger partial charge on any atom is -0.462 e. The van der Waals surface area contributed by atoms with E-state index in [0.29, 0.717) is 12.8 Å². The average Bonchev–Trinajstić information content (AvgIpc) is 3.44. The molecule has 0 radical (unpaired) electrons. The van der Waals surface area contributed by atoms with Crippen molar-refractivity contribution in [2.24, 2.45) is 0 Å². The summed E-state index contributed by atoms with van der Waals surface area (Å²) in [6.07, 6.45) is 51.7. The van der Waals surface area contributed by atoms with Crippen LogP contribution < -0.4 is 0 Å². The first-order valence-corrected chi connectivity index (χ1v) is 35.3. The third-order valence-electron chi connectivity index (χ3n) is 16.4. The van der Waals surface area contributed by atoms with E-state index in [1.807, 2.05) is 0 Å². The number of phosphoric ester groups is 1. The predicted octanol–water partition coefficient (Wildman–Crippen LogP) is 17.1. The number of hydrogen-bond donors (Lipinski definition) is 6. The maximum atomic E-state index is 12.9. The zero-order valence-corrected chi connectivity index (χ0v) is 52.1. The lowest BCUT2D eigenvalue weighted by atomic mass is 9.85. The number of carbonyl (C=O) groups excluding carboxylic acids is 2. The van der Waals surface area contributed by atoms with Crippen LogP contribution in [0.15, 0.2) is 0 Å². The summed E-state index contributed by atoms with van der Waals surface area (Å²) in [6, 6.07) is 0. The largest absolute Gasteiger partial charge is 0.472 e. The van der Waals surface area contributed by atoms with Gasteiger partial charge in [0.25, 0.3) is 0 Å². The van der Waals surface area contributed by atoms with Crippen LogP contribution in [0.25, 0.3) is 0 Å². The Morgan fingerprint density at radius 2 is 0.570 bits per heavy atom. The molecule has 0 saturated heterocycles. The number of ether oxygens (including phenoxy) is 2. The highest BCUT2D eigenvalue weighted by Gasteiger charge is 2.51. The second kappa shape index (κ2) is 54.8. The molecule has 0 aromatic carbocycles. The second-order valence-corrected chi connectivity index (χ2v) is 25.5. The van der Waals surface area contributed by atoms with E-state index in [4.69, 9.17) is 18.5 Å². The molecule has 0 spiro atoms. The number of carbonyl (C=O) groups is 2. The van der Waals surface area contributed by atoms with Crippen LogP contribution in [0.5, 0.6) is 0 Å². The Labute approximate surface area is 484 Å². The molecule has 0 aromatic heterocycles. The van der Waals surface area contributed by atoms with Crippen molar-refractivity contribution in [1.29, 1.82) is 0 Å². The van der Waals surface area contributed by atoms with Crippen LogP contribution in [0.1, 0.15) is 348 Å². The molecule has 1 fully saturated rings. The normalized spacial score (nSPS) is 19.6. The molecule has 0 aromatic rings. The zero-order valence-electron chi connectivity index (χ0n) is 51.2. The third kappa shape index (κ3) is 45.9. The van der Waals surface area contributed by atoms with Crippen molar-refractivity contribution < 1.29 is 63.1 Å². The smallest absolute Gasteiger partial charge is 0.462 e. The lowest BCUT2D eigenvalue weighted by molar-refractivity contribution is -0.220. The van der Waals surface area contributed by atoms with Crippen molar-refractivity contribution in [3.63, 3.8) is 0 Å². The van der Waals surface area contributed by atoms with E-state index < -0.39 is 75.7 Å². The molecule has 0 aliphatic heterocycles. The lowest BCUT2D eigenvalue weighted by Crippen LogP contribution is -2.64. The number of aliphatic hydroxyl groups excluding tert-OH is 5. The maximum Gasteiger partial charge on any atom is 0.472 e. The summed E-state index contributed by atoms with van der Waals surface area (Å²) < 4.78 is 33.9. The molecule has 13 nitrogen and oxygen atoms in total. The minimum atomic E-state index is -5.12. The fourth-order valence-electron chi connectivity index (χ4n) is 11.1. The fraction of sp³-hybridized carbons (Fsp3) is 0.969. The molecule has 0 amide bonds. The second-order valence-electron chi connectivity index (χ2n) is 24.1. The topological polar surface area (TPSA) is 210 Å². The van der Waals surface area contributed by atoms with Crippen molar-refractivity contribution in [1.82, 2.24) is 0 Å². The molecule has 6 N–H and O–H groups in total. The Morgan fingerprint density at radius 1 is 0.342 bits per heavy atom. The molecule has 79 heavy (non-hydrogen) atoms. The van der Waals surface area contributed by atoms with Gasteiger partial charge in [-0.05, 0) is 12.8 Å². The Balaban J connectivity index is 2.23. The SMILES string of the molecule is CCCCCCCCCCCCCCCCCCCCCCCCCCCC(=O)OC[C@H](COP(=O)(O)OC1C(O)C(O)C(O)[C@@H](O)C1O)OC(=O)CCCCCCCCCCCCCCCCCCCCCCCCCCC. The number of rotatable bonds is 60. The summed E-state index contributed by atoms with van der Waals surface area (Å²) >= 11 is 0. The zero-order chi connectivity index (χ0) is 57.7. The molecule has 470 valence electrons. The summed E-state index contributed by atoms with van der Waals surface area (Å²) in [4.78, 5) is 36.1. The molecule has 1 aliphatic carbocycles. The Kier molecular flexibility index (Phi) is 52.6. The summed E-state index contributed by atoms with van der Waals surface area (Å²) in [5, 5.41) is 50.5. The van der Waals surface area contributed by atoms with Gasteiger partial charge in [-0.2, -0.15) is 0 Å². The van der Waals surface area contributed by atoms with Crippen LogP contribution in [0, 0.1) is 0 Å². The molecule has 6 unspecified atom stereocenters. The molecule has 14 heteroatoms. The third-order valence-corrected chi connectivity index (χ3v) is 17.4. The van der Waals surface area contributed by atoms with Crippen LogP contribution in [0.2, 0.25) is 0 Å². The van der Waals surface area contributed by atoms with Crippen molar-refractivity contribution in [2.75, 3.05) is 13.2 Å². The fourth-order valence-corrected chi connectivity index (χ4v) is 12.1. The van der Waals surface area contributed by atoms with Gasteiger partial charge in [0.1, 0.15) is 43.2 Å². The van der Waals surface area contributed by atoms with Gasteiger partial charge >= 0.3 is 19.8 Å². The number of phosphoric acid groups is 1. The van der Waals surface area contributed by atoms with Crippen molar-refractivity contribution in [3.05, 3.63) is 0 Å². The van der Waals surface area contributed by atoms with Gasteiger partial charge < -0.3 is 39.9 Å². The van der Waals surface area contributed by atoms with Crippen molar-refractivity contribution in [2.45, 2.75) is 390 Å². The van der Waals surface area contributed by atoms with E-state index in [9.17, 15) is 44.6 Å². The number of aliphatic hydroxyl groups is 5. The van der Waals surface area contributed by atoms with E-state index in [-0.39, 0.29) is 12.8 Å². The number of esters is 2. The van der Waals surface area contributed by atoms with Gasteiger partial charge in [-0.1, -0.05) is 322 Å². The van der Waals surface area contributed by atoms with Crippen molar-refractivity contribution >= 4 is 19.8 Å². The number of hydrogen-bond acceptors (Lipinski definition) is 12. The van der Waals surface area contributed by atoms with E-state index in [2.05, 4.69) is 13.8 Å². The quantitative estimate of drug-likeness (QED) is 0.0190. The first-order valence-electron chi connectivity index (χ1n) is 33.8. The highest BCUT2D eigenvalue weighted by molar-refractivity contribution is 7.47. The van der Waals surface area contributed by atoms with Crippen molar-refractivity contribution in [3.8, 4) is 0 Å².